The summed E-state index contributed by atoms with van der Waals surface area (Å²) in [7, 11) is 0. The van der Waals surface area contributed by atoms with Gasteiger partial charge in [-0.25, -0.2) is 0 Å². The molecule has 1 fully saturated rings. The lowest BCUT2D eigenvalue weighted by atomic mass is 10.0. The molecule has 0 radical (unpaired) electrons. The predicted octanol–water partition coefficient (Wildman–Crippen LogP) is 2.38. The highest BCUT2D eigenvalue weighted by Gasteiger charge is 2.22. The van der Waals surface area contributed by atoms with Crippen LogP contribution < -0.4 is 5.32 Å². The summed E-state index contributed by atoms with van der Waals surface area (Å²) in [4.78, 5) is 0. The first-order chi connectivity index (χ1) is 6.93. The van der Waals surface area contributed by atoms with E-state index in [2.05, 4.69) is 35.7 Å². The SMILES string of the molecule is C1=C(C2CCCN2)Cc2ccccc21. The Morgan fingerprint density at radius 1 is 1.21 bits per heavy atom. The molecule has 0 bridgehead atoms. The Morgan fingerprint density at radius 3 is 2.93 bits per heavy atom. The Bertz CT molecular complexity index is 373. The molecule has 1 N–H and O–H groups in total. The van der Waals surface area contributed by atoms with Crippen LogP contribution in [0.15, 0.2) is 29.8 Å². The van der Waals surface area contributed by atoms with Crippen molar-refractivity contribution in [2.45, 2.75) is 25.3 Å². The number of benzene rings is 1. The Balaban J connectivity index is 1.87. The second kappa shape index (κ2) is 3.25. The molecule has 72 valence electrons. The van der Waals surface area contributed by atoms with Gasteiger partial charge in [0.05, 0.1) is 0 Å². The molecule has 1 aromatic rings. The fourth-order valence-corrected chi connectivity index (χ4v) is 2.53. The van der Waals surface area contributed by atoms with Crippen LogP contribution in [0.2, 0.25) is 0 Å². The van der Waals surface area contributed by atoms with Gasteiger partial charge in [0.15, 0.2) is 0 Å². The number of hydrogen-bond donors (Lipinski definition) is 1. The van der Waals surface area contributed by atoms with E-state index in [1.54, 1.807) is 5.57 Å². The molecule has 1 heterocycles. The third-order valence-corrected chi connectivity index (χ3v) is 3.30. The molecule has 1 saturated heterocycles. The van der Waals surface area contributed by atoms with Gasteiger partial charge in [0.2, 0.25) is 0 Å². The van der Waals surface area contributed by atoms with Gasteiger partial charge >= 0.3 is 0 Å². The van der Waals surface area contributed by atoms with Gasteiger partial charge in [-0.15, -0.1) is 0 Å². The molecule has 3 rings (SSSR count). The zero-order chi connectivity index (χ0) is 9.38. The van der Waals surface area contributed by atoms with E-state index in [1.807, 2.05) is 0 Å². The number of rotatable bonds is 1. The van der Waals surface area contributed by atoms with Crippen molar-refractivity contribution in [3.05, 3.63) is 41.0 Å². The van der Waals surface area contributed by atoms with Crippen molar-refractivity contribution < 1.29 is 0 Å². The smallest absolute Gasteiger partial charge is 0.0286 e. The minimum atomic E-state index is 0.655. The van der Waals surface area contributed by atoms with Gasteiger partial charge in [-0.05, 0) is 42.5 Å². The quantitative estimate of drug-likeness (QED) is 0.708. The van der Waals surface area contributed by atoms with E-state index in [1.165, 1.54) is 30.5 Å². The first kappa shape index (κ1) is 8.25. The van der Waals surface area contributed by atoms with Crippen LogP contribution in [0.25, 0.3) is 6.08 Å². The summed E-state index contributed by atoms with van der Waals surface area (Å²) in [6.07, 6.45) is 6.18. The Morgan fingerprint density at radius 2 is 2.14 bits per heavy atom. The van der Waals surface area contributed by atoms with E-state index in [0.717, 1.165) is 6.42 Å². The lowest BCUT2D eigenvalue weighted by Crippen LogP contribution is -2.23. The number of hydrogen-bond acceptors (Lipinski definition) is 1. The molecule has 1 aliphatic heterocycles. The van der Waals surface area contributed by atoms with Crippen LogP contribution >= 0.6 is 0 Å². The molecule has 14 heavy (non-hydrogen) atoms. The third-order valence-electron chi connectivity index (χ3n) is 3.30. The van der Waals surface area contributed by atoms with Crippen LogP contribution in [0.1, 0.15) is 24.0 Å². The fourth-order valence-electron chi connectivity index (χ4n) is 2.53. The average molecular weight is 185 g/mol. The van der Waals surface area contributed by atoms with Gasteiger partial charge in [-0.1, -0.05) is 30.3 Å². The summed E-state index contributed by atoms with van der Waals surface area (Å²) in [5.74, 6) is 0. The van der Waals surface area contributed by atoms with E-state index in [0.29, 0.717) is 6.04 Å². The van der Waals surface area contributed by atoms with Crippen LogP contribution in [0.4, 0.5) is 0 Å². The van der Waals surface area contributed by atoms with E-state index >= 15 is 0 Å². The highest BCUT2D eigenvalue weighted by molar-refractivity contribution is 5.64. The predicted molar refractivity (Wildman–Crippen MR) is 59.1 cm³/mol. The summed E-state index contributed by atoms with van der Waals surface area (Å²) in [5, 5.41) is 3.57. The first-order valence-corrected chi connectivity index (χ1v) is 5.45. The van der Waals surface area contributed by atoms with Crippen molar-refractivity contribution >= 4 is 6.08 Å². The summed E-state index contributed by atoms with van der Waals surface area (Å²) >= 11 is 0. The largest absolute Gasteiger partial charge is 0.310 e. The maximum Gasteiger partial charge on any atom is 0.0286 e. The zero-order valence-corrected chi connectivity index (χ0v) is 8.29. The molecule has 1 nitrogen and oxygen atoms in total. The fraction of sp³-hybridized carbons (Fsp3) is 0.385. The summed E-state index contributed by atoms with van der Waals surface area (Å²) in [6.45, 7) is 1.19. The minimum absolute atomic E-state index is 0.655. The number of fused-ring (bicyclic) bond motifs is 1. The number of nitrogens with one attached hydrogen (secondary N) is 1. The molecule has 1 aliphatic carbocycles. The maximum atomic E-state index is 3.57. The van der Waals surface area contributed by atoms with E-state index in [9.17, 15) is 0 Å². The van der Waals surface area contributed by atoms with Crippen molar-refractivity contribution in [1.82, 2.24) is 5.32 Å². The summed E-state index contributed by atoms with van der Waals surface area (Å²) < 4.78 is 0. The molecule has 0 amide bonds. The summed E-state index contributed by atoms with van der Waals surface area (Å²) in [6, 6.07) is 9.38. The minimum Gasteiger partial charge on any atom is -0.310 e. The Hall–Kier alpha value is -1.08. The van der Waals surface area contributed by atoms with E-state index in [4.69, 9.17) is 0 Å². The van der Waals surface area contributed by atoms with Gasteiger partial charge in [0, 0.05) is 6.04 Å². The Labute approximate surface area is 84.8 Å². The lowest BCUT2D eigenvalue weighted by Gasteiger charge is -2.10. The average Bonchev–Trinajstić information content (AvgIpc) is 2.86. The van der Waals surface area contributed by atoms with Crippen LogP contribution in [0, 0.1) is 0 Å². The van der Waals surface area contributed by atoms with Crippen molar-refractivity contribution in [2.75, 3.05) is 6.54 Å². The molecule has 1 aromatic carbocycles. The zero-order valence-electron chi connectivity index (χ0n) is 8.29. The summed E-state index contributed by atoms with van der Waals surface area (Å²) in [5.41, 5.74) is 4.51. The van der Waals surface area contributed by atoms with Crippen LogP contribution in [-0.2, 0) is 6.42 Å². The van der Waals surface area contributed by atoms with Crippen molar-refractivity contribution in [3.63, 3.8) is 0 Å². The maximum absolute atomic E-state index is 3.57. The van der Waals surface area contributed by atoms with Crippen LogP contribution in [-0.4, -0.2) is 12.6 Å². The molecule has 0 aromatic heterocycles. The monoisotopic (exact) mass is 185 g/mol. The molecule has 0 saturated carbocycles. The molecule has 2 aliphatic rings. The lowest BCUT2D eigenvalue weighted by molar-refractivity contribution is 0.681. The molecule has 1 atom stereocenters. The second-order valence-corrected chi connectivity index (χ2v) is 4.24. The van der Waals surface area contributed by atoms with Gasteiger partial charge in [-0.2, -0.15) is 0 Å². The molecule has 1 heteroatoms. The van der Waals surface area contributed by atoms with Crippen molar-refractivity contribution in [1.29, 1.82) is 0 Å². The van der Waals surface area contributed by atoms with E-state index in [-0.39, 0.29) is 0 Å². The van der Waals surface area contributed by atoms with E-state index < -0.39 is 0 Å². The first-order valence-electron chi connectivity index (χ1n) is 5.45. The Kier molecular flexibility index (Phi) is 1.91. The molecular formula is C13H15N. The standard InChI is InChI=1S/C13H15N/c1-2-5-11-9-12(8-10(11)4-1)13-6-3-7-14-13/h1-2,4-5,8,13-14H,3,6-7,9H2. The second-order valence-electron chi connectivity index (χ2n) is 4.24. The molecule has 1 unspecified atom stereocenters. The molecular weight excluding hydrogens is 170 g/mol. The normalized spacial score (nSPS) is 24.9. The third kappa shape index (κ3) is 1.28. The van der Waals surface area contributed by atoms with Crippen molar-refractivity contribution in [2.24, 2.45) is 0 Å². The van der Waals surface area contributed by atoms with Gasteiger partial charge in [0.25, 0.3) is 0 Å². The van der Waals surface area contributed by atoms with Gasteiger partial charge in [-0.3, -0.25) is 0 Å². The van der Waals surface area contributed by atoms with Crippen LogP contribution in [0.5, 0.6) is 0 Å². The highest BCUT2D eigenvalue weighted by Crippen LogP contribution is 2.29. The van der Waals surface area contributed by atoms with Gasteiger partial charge in [0.1, 0.15) is 0 Å². The van der Waals surface area contributed by atoms with Crippen LogP contribution in [0.3, 0.4) is 0 Å². The molecule has 0 spiro atoms. The highest BCUT2D eigenvalue weighted by atomic mass is 14.9. The van der Waals surface area contributed by atoms with Crippen molar-refractivity contribution in [3.8, 4) is 0 Å². The topological polar surface area (TPSA) is 12.0 Å². The van der Waals surface area contributed by atoms with Gasteiger partial charge < -0.3 is 5.32 Å².